The van der Waals surface area contributed by atoms with E-state index in [1.807, 2.05) is 65.6 Å². The van der Waals surface area contributed by atoms with Crippen LogP contribution in [0.4, 0.5) is 0 Å². The van der Waals surface area contributed by atoms with Gasteiger partial charge in [0.15, 0.2) is 6.61 Å². The van der Waals surface area contributed by atoms with Crippen LogP contribution in [0.15, 0.2) is 59.5 Å². The van der Waals surface area contributed by atoms with Crippen LogP contribution in [0.1, 0.15) is 24.0 Å². The monoisotopic (exact) mass is 438 g/mol. The molecule has 2 amide bonds. The summed E-state index contributed by atoms with van der Waals surface area (Å²) in [5.74, 6) is 0.584. The average molecular weight is 439 g/mol. The molecule has 0 aliphatic carbocycles. The Morgan fingerprint density at radius 3 is 2.47 bits per heavy atom. The van der Waals surface area contributed by atoms with Crippen LogP contribution in [0.5, 0.6) is 5.75 Å². The number of nitrogens with zero attached hydrogens (tertiary/aromatic N) is 2. The average Bonchev–Trinajstić information content (AvgIpc) is 3.39. The van der Waals surface area contributed by atoms with E-state index in [0.29, 0.717) is 21.5 Å². The number of carbonyl (C=O) groups excluding carboxylic acids is 2. The lowest BCUT2D eigenvalue weighted by atomic mass is 10.2. The zero-order valence-corrected chi connectivity index (χ0v) is 18.1. The molecule has 0 atom stereocenters. The number of benzene rings is 2. The third-order valence-electron chi connectivity index (χ3n) is 5.06. The highest BCUT2D eigenvalue weighted by atomic mass is 32.2. The molecule has 2 fully saturated rings. The zero-order chi connectivity index (χ0) is 20.9. The van der Waals surface area contributed by atoms with Crippen LogP contribution in [-0.2, 0) is 16.1 Å². The second-order valence-corrected chi connectivity index (χ2v) is 8.87. The Labute approximate surface area is 185 Å². The summed E-state index contributed by atoms with van der Waals surface area (Å²) in [7, 11) is 0. The van der Waals surface area contributed by atoms with Crippen LogP contribution in [0.2, 0.25) is 0 Å². The SMILES string of the molecule is O=C(COc1ccc(/C=C2\SC(=S)N(Cc3ccccc3)C2=O)cc1)N1CCCC1. The van der Waals surface area contributed by atoms with Gasteiger partial charge in [-0.05, 0) is 42.2 Å². The fourth-order valence-corrected chi connectivity index (χ4v) is 4.67. The van der Waals surface area contributed by atoms with Crippen molar-refractivity contribution in [1.29, 1.82) is 0 Å². The van der Waals surface area contributed by atoms with E-state index in [1.165, 1.54) is 11.8 Å². The first-order valence-corrected chi connectivity index (χ1v) is 11.1. The van der Waals surface area contributed by atoms with E-state index < -0.39 is 0 Å². The normalized spacial score (nSPS) is 17.8. The van der Waals surface area contributed by atoms with Crippen molar-refractivity contribution >= 4 is 46.2 Å². The molecule has 0 spiro atoms. The largest absolute Gasteiger partial charge is 0.484 e. The molecule has 0 saturated carbocycles. The summed E-state index contributed by atoms with van der Waals surface area (Å²) < 4.78 is 6.18. The first-order valence-electron chi connectivity index (χ1n) is 9.90. The van der Waals surface area contributed by atoms with Crippen LogP contribution >= 0.6 is 24.0 Å². The standard InChI is InChI=1S/C23H22N2O3S2/c26-21(24-12-4-5-13-24)16-28-19-10-8-17(9-11-19)14-20-22(27)25(23(29)30-20)15-18-6-2-1-3-7-18/h1-3,6-11,14H,4-5,12-13,15-16H2/b20-14-. The Kier molecular flexibility index (Phi) is 6.50. The minimum absolute atomic E-state index is 0.0265. The summed E-state index contributed by atoms with van der Waals surface area (Å²) >= 11 is 6.72. The lowest BCUT2D eigenvalue weighted by Crippen LogP contribution is -2.32. The molecule has 2 aromatic carbocycles. The van der Waals surface area contributed by atoms with Gasteiger partial charge in [0, 0.05) is 13.1 Å². The topological polar surface area (TPSA) is 49.9 Å². The molecule has 30 heavy (non-hydrogen) atoms. The summed E-state index contributed by atoms with van der Waals surface area (Å²) in [4.78, 5) is 28.9. The van der Waals surface area contributed by atoms with E-state index in [4.69, 9.17) is 17.0 Å². The van der Waals surface area contributed by atoms with Crippen molar-refractivity contribution in [2.75, 3.05) is 19.7 Å². The van der Waals surface area contributed by atoms with E-state index in [9.17, 15) is 9.59 Å². The molecule has 0 radical (unpaired) electrons. The summed E-state index contributed by atoms with van der Waals surface area (Å²) in [6, 6.07) is 17.2. The van der Waals surface area contributed by atoms with Gasteiger partial charge in [-0.2, -0.15) is 0 Å². The van der Waals surface area contributed by atoms with E-state index in [2.05, 4.69) is 0 Å². The van der Waals surface area contributed by atoms with Gasteiger partial charge in [0.2, 0.25) is 0 Å². The van der Waals surface area contributed by atoms with Crippen molar-refractivity contribution in [1.82, 2.24) is 9.80 Å². The van der Waals surface area contributed by atoms with Crippen molar-refractivity contribution < 1.29 is 14.3 Å². The maximum Gasteiger partial charge on any atom is 0.266 e. The number of likely N-dealkylation sites (tertiary alicyclic amines) is 1. The minimum Gasteiger partial charge on any atom is -0.484 e. The van der Waals surface area contributed by atoms with Gasteiger partial charge in [-0.25, -0.2) is 0 Å². The van der Waals surface area contributed by atoms with Gasteiger partial charge in [0.05, 0.1) is 11.4 Å². The fourth-order valence-electron chi connectivity index (χ4n) is 3.42. The number of thioether (sulfide) groups is 1. The Bertz CT molecular complexity index is 968. The molecule has 2 aromatic rings. The van der Waals surface area contributed by atoms with Gasteiger partial charge in [-0.15, -0.1) is 0 Å². The molecule has 2 aliphatic rings. The molecule has 0 bridgehead atoms. The molecule has 2 aliphatic heterocycles. The maximum absolute atomic E-state index is 12.8. The number of hydrogen-bond donors (Lipinski definition) is 0. The highest BCUT2D eigenvalue weighted by molar-refractivity contribution is 8.26. The van der Waals surface area contributed by atoms with E-state index in [-0.39, 0.29) is 18.4 Å². The lowest BCUT2D eigenvalue weighted by Gasteiger charge is -2.15. The smallest absolute Gasteiger partial charge is 0.266 e. The first kappa shape index (κ1) is 20.6. The minimum atomic E-state index is -0.0783. The van der Waals surface area contributed by atoms with Crippen molar-refractivity contribution in [3.63, 3.8) is 0 Å². The number of carbonyl (C=O) groups is 2. The van der Waals surface area contributed by atoms with Crippen molar-refractivity contribution in [3.05, 3.63) is 70.6 Å². The van der Waals surface area contributed by atoms with Crippen LogP contribution in [0.25, 0.3) is 6.08 Å². The predicted molar refractivity (Wildman–Crippen MR) is 123 cm³/mol. The Hall–Kier alpha value is -2.64. The quantitative estimate of drug-likeness (QED) is 0.502. The van der Waals surface area contributed by atoms with Crippen molar-refractivity contribution in [2.45, 2.75) is 19.4 Å². The fraction of sp³-hybridized carbons (Fsp3) is 0.261. The first-order chi connectivity index (χ1) is 14.6. The third kappa shape index (κ3) is 4.91. The van der Waals surface area contributed by atoms with Gasteiger partial charge in [-0.1, -0.05) is 66.4 Å². The molecule has 0 aromatic heterocycles. The molecule has 2 heterocycles. The third-order valence-corrected chi connectivity index (χ3v) is 6.43. The Morgan fingerprint density at radius 1 is 1.07 bits per heavy atom. The second-order valence-electron chi connectivity index (χ2n) is 7.20. The summed E-state index contributed by atoms with van der Waals surface area (Å²) in [5.41, 5.74) is 1.92. The number of rotatable bonds is 6. The van der Waals surface area contributed by atoms with Crippen LogP contribution in [0, 0.1) is 0 Å². The van der Waals surface area contributed by atoms with Gasteiger partial charge in [0.25, 0.3) is 11.8 Å². The molecule has 4 rings (SSSR count). The number of thiocarbonyl (C=S) groups is 1. The summed E-state index contributed by atoms with van der Waals surface area (Å²) in [6.45, 7) is 2.17. The molecule has 0 N–H and O–H groups in total. The van der Waals surface area contributed by atoms with Crippen molar-refractivity contribution in [3.8, 4) is 5.75 Å². The van der Waals surface area contributed by atoms with Gasteiger partial charge in [-0.3, -0.25) is 14.5 Å². The lowest BCUT2D eigenvalue weighted by molar-refractivity contribution is -0.132. The maximum atomic E-state index is 12.8. The summed E-state index contributed by atoms with van der Waals surface area (Å²) in [5, 5.41) is 0. The number of hydrogen-bond acceptors (Lipinski definition) is 5. The number of amides is 2. The van der Waals surface area contributed by atoms with Crippen LogP contribution in [0.3, 0.4) is 0 Å². The van der Waals surface area contributed by atoms with Crippen LogP contribution < -0.4 is 4.74 Å². The Morgan fingerprint density at radius 2 is 1.77 bits per heavy atom. The molecular weight excluding hydrogens is 416 g/mol. The number of ether oxygens (including phenoxy) is 1. The second kappa shape index (κ2) is 9.45. The highest BCUT2D eigenvalue weighted by Crippen LogP contribution is 2.33. The van der Waals surface area contributed by atoms with Crippen molar-refractivity contribution in [2.24, 2.45) is 0 Å². The van der Waals surface area contributed by atoms with E-state index in [1.54, 1.807) is 4.90 Å². The summed E-state index contributed by atoms with van der Waals surface area (Å²) in [6.07, 6.45) is 3.97. The molecule has 2 saturated heterocycles. The zero-order valence-electron chi connectivity index (χ0n) is 16.5. The van der Waals surface area contributed by atoms with E-state index in [0.717, 1.165) is 37.1 Å². The molecule has 7 heteroatoms. The van der Waals surface area contributed by atoms with E-state index >= 15 is 0 Å². The van der Waals surface area contributed by atoms with Gasteiger partial charge in [0.1, 0.15) is 10.1 Å². The molecule has 0 unspecified atom stereocenters. The highest BCUT2D eigenvalue weighted by Gasteiger charge is 2.31. The predicted octanol–water partition coefficient (Wildman–Crippen LogP) is 4.09. The molecule has 154 valence electrons. The van der Waals surface area contributed by atoms with Crippen LogP contribution in [-0.4, -0.2) is 45.6 Å². The molecular formula is C23H22N2O3S2. The van der Waals surface area contributed by atoms with Gasteiger partial charge < -0.3 is 9.64 Å². The Balaban J connectivity index is 1.36. The van der Waals surface area contributed by atoms with Gasteiger partial charge >= 0.3 is 0 Å². The molecule has 5 nitrogen and oxygen atoms in total.